The van der Waals surface area contributed by atoms with E-state index in [0.717, 1.165) is 37.3 Å². The summed E-state index contributed by atoms with van der Waals surface area (Å²) in [4.78, 5) is 27.8. The molecule has 1 saturated carbocycles. The largest absolute Gasteiger partial charge is 0.357 e. The smallest absolute Gasteiger partial charge is 0.251 e. The Hall–Kier alpha value is -1.84. The van der Waals surface area contributed by atoms with Crippen LogP contribution in [0.25, 0.3) is 0 Å². The lowest BCUT2D eigenvalue weighted by Gasteiger charge is -2.12. The van der Waals surface area contributed by atoms with Gasteiger partial charge >= 0.3 is 0 Å². The monoisotopic (exact) mass is 487 g/mol. The minimum Gasteiger partial charge on any atom is -0.357 e. The fraction of sp³-hybridized carbons (Fsp3) is 0.526. The molecule has 150 valence electrons. The van der Waals surface area contributed by atoms with Gasteiger partial charge in [-0.05, 0) is 43.9 Å². The summed E-state index contributed by atoms with van der Waals surface area (Å²) in [5.74, 6) is 1.04. The third-order valence-electron chi connectivity index (χ3n) is 4.10. The summed E-state index contributed by atoms with van der Waals surface area (Å²) in [5.41, 5.74) is 1.73. The molecule has 1 aromatic carbocycles. The lowest BCUT2D eigenvalue weighted by atomic mass is 10.1. The second-order valence-electron chi connectivity index (χ2n) is 6.28. The fourth-order valence-corrected chi connectivity index (χ4v) is 2.51. The van der Waals surface area contributed by atoms with Gasteiger partial charge in [-0.1, -0.05) is 12.1 Å². The number of hydrogen-bond donors (Lipinski definition) is 4. The highest BCUT2D eigenvalue weighted by Gasteiger charge is 2.28. The van der Waals surface area contributed by atoms with Crippen molar-refractivity contribution in [3.63, 3.8) is 0 Å². The molecule has 0 heterocycles. The summed E-state index contributed by atoms with van der Waals surface area (Å²) >= 11 is 0. The summed E-state index contributed by atoms with van der Waals surface area (Å²) in [7, 11) is 1.63. The van der Waals surface area contributed by atoms with E-state index in [4.69, 9.17) is 0 Å². The topological polar surface area (TPSA) is 94.6 Å². The number of rotatable bonds is 9. The molecule has 0 radical (unpaired) electrons. The van der Waals surface area contributed by atoms with Gasteiger partial charge in [-0.25, -0.2) is 0 Å². The Labute approximate surface area is 178 Å². The van der Waals surface area contributed by atoms with Crippen molar-refractivity contribution in [3.05, 3.63) is 35.4 Å². The zero-order valence-corrected chi connectivity index (χ0v) is 18.3. The third kappa shape index (κ3) is 8.59. The van der Waals surface area contributed by atoms with Crippen molar-refractivity contribution < 1.29 is 9.59 Å². The number of carbonyl (C=O) groups excluding carboxylic acids is 2. The average Bonchev–Trinajstić information content (AvgIpc) is 3.50. The lowest BCUT2D eigenvalue weighted by Crippen LogP contribution is -2.41. The molecular formula is C19H30IN5O2. The van der Waals surface area contributed by atoms with Gasteiger partial charge in [0.15, 0.2) is 5.96 Å². The van der Waals surface area contributed by atoms with Crippen LogP contribution in [0.15, 0.2) is 29.3 Å². The van der Waals surface area contributed by atoms with Gasteiger partial charge in [-0.2, -0.15) is 0 Å². The maximum Gasteiger partial charge on any atom is 0.251 e. The summed E-state index contributed by atoms with van der Waals surface area (Å²) in [5, 5.41) is 12.0. The van der Waals surface area contributed by atoms with E-state index in [1.165, 1.54) is 0 Å². The Kier molecular flexibility index (Phi) is 10.8. The van der Waals surface area contributed by atoms with Gasteiger partial charge in [0, 0.05) is 44.7 Å². The van der Waals surface area contributed by atoms with Crippen molar-refractivity contribution in [3.8, 4) is 0 Å². The molecule has 0 aromatic heterocycles. The Morgan fingerprint density at radius 2 is 1.89 bits per heavy atom. The highest BCUT2D eigenvalue weighted by molar-refractivity contribution is 14.0. The standard InChI is InChI=1S/C19H29N5O2.HI/c1-3-21-19(24-12-11-22-18(26)15-7-8-15)23-10-9-14-5-4-6-16(13-14)17(25)20-2;/h4-6,13,15H,3,7-12H2,1-2H3,(H,20,25)(H,22,26)(H2,21,23,24);1H. The number of hydrogen-bond acceptors (Lipinski definition) is 3. The van der Waals surface area contributed by atoms with Crippen LogP contribution in [0, 0.1) is 5.92 Å². The van der Waals surface area contributed by atoms with Crippen LogP contribution in [0.2, 0.25) is 0 Å². The van der Waals surface area contributed by atoms with Gasteiger partial charge in [-0.3, -0.25) is 14.6 Å². The van der Waals surface area contributed by atoms with E-state index in [2.05, 4.69) is 26.3 Å². The molecule has 2 rings (SSSR count). The molecule has 2 amide bonds. The van der Waals surface area contributed by atoms with Crippen LogP contribution in [0.3, 0.4) is 0 Å². The number of benzene rings is 1. The number of aliphatic imine (C=N–C) groups is 1. The Balaban J connectivity index is 0.00000364. The zero-order valence-electron chi connectivity index (χ0n) is 16.0. The minimum absolute atomic E-state index is 0. The van der Waals surface area contributed by atoms with E-state index < -0.39 is 0 Å². The van der Waals surface area contributed by atoms with E-state index in [1.54, 1.807) is 13.1 Å². The first-order chi connectivity index (χ1) is 12.6. The molecule has 4 N–H and O–H groups in total. The van der Waals surface area contributed by atoms with Crippen molar-refractivity contribution in [1.82, 2.24) is 21.3 Å². The summed E-state index contributed by atoms with van der Waals surface area (Å²) in [6.07, 6.45) is 2.79. The van der Waals surface area contributed by atoms with Crippen LogP contribution in [0.1, 0.15) is 35.7 Å². The van der Waals surface area contributed by atoms with Gasteiger partial charge < -0.3 is 21.3 Å². The maximum atomic E-state index is 11.7. The van der Waals surface area contributed by atoms with E-state index in [9.17, 15) is 9.59 Å². The maximum absolute atomic E-state index is 11.7. The number of nitrogens with one attached hydrogen (secondary N) is 4. The molecule has 8 heteroatoms. The molecule has 7 nitrogen and oxygen atoms in total. The van der Waals surface area contributed by atoms with Crippen molar-refractivity contribution >= 4 is 41.8 Å². The first-order valence-electron chi connectivity index (χ1n) is 9.25. The molecule has 1 fully saturated rings. The number of carbonyl (C=O) groups is 2. The second kappa shape index (κ2) is 12.5. The molecule has 0 saturated heterocycles. The predicted octanol–water partition coefficient (Wildman–Crippen LogP) is 1.29. The van der Waals surface area contributed by atoms with Crippen molar-refractivity contribution in [1.29, 1.82) is 0 Å². The Bertz CT molecular complexity index is 647. The molecular weight excluding hydrogens is 457 g/mol. The molecule has 27 heavy (non-hydrogen) atoms. The number of nitrogens with zero attached hydrogens (tertiary/aromatic N) is 1. The highest BCUT2D eigenvalue weighted by atomic mass is 127. The van der Waals surface area contributed by atoms with Crippen LogP contribution in [0.5, 0.6) is 0 Å². The molecule has 1 aromatic rings. The molecule has 1 aliphatic carbocycles. The lowest BCUT2D eigenvalue weighted by molar-refractivity contribution is -0.122. The number of amides is 2. The quantitative estimate of drug-likeness (QED) is 0.183. The molecule has 0 spiro atoms. The van der Waals surface area contributed by atoms with Crippen LogP contribution >= 0.6 is 24.0 Å². The van der Waals surface area contributed by atoms with Crippen molar-refractivity contribution in [2.45, 2.75) is 26.2 Å². The van der Waals surface area contributed by atoms with Gasteiger partial charge in [0.2, 0.25) is 5.91 Å². The number of guanidine groups is 1. The summed E-state index contributed by atoms with van der Waals surface area (Å²) in [6, 6.07) is 7.57. The van der Waals surface area contributed by atoms with Gasteiger partial charge in [0.05, 0.1) is 0 Å². The Morgan fingerprint density at radius 3 is 2.56 bits per heavy atom. The van der Waals surface area contributed by atoms with Crippen LogP contribution in [-0.2, 0) is 11.2 Å². The van der Waals surface area contributed by atoms with Crippen LogP contribution in [0.4, 0.5) is 0 Å². The SMILES string of the molecule is CCNC(=NCCc1cccc(C(=O)NC)c1)NCCNC(=O)C1CC1.I. The van der Waals surface area contributed by atoms with Gasteiger partial charge in [0.25, 0.3) is 5.91 Å². The molecule has 0 unspecified atom stereocenters. The van der Waals surface area contributed by atoms with Gasteiger partial charge in [-0.15, -0.1) is 24.0 Å². The average molecular weight is 487 g/mol. The molecule has 1 aliphatic rings. The molecule has 0 atom stereocenters. The van der Waals surface area contributed by atoms with Crippen LogP contribution < -0.4 is 21.3 Å². The van der Waals surface area contributed by atoms with Crippen molar-refractivity contribution in [2.75, 3.05) is 33.2 Å². The van der Waals surface area contributed by atoms with Gasteiger partial charge in [0.1, 0.15) is 0 Å². The fourth-order valence-electron chi connectivity index (χ4n) is 2.51. The Morgan fingerprint density at radius 1 is 1.15 bits per heavy atom. The zero-order chi connectivity index (χ0) is 18.8. The first kappa shape index (κ1) is 23.2. The number of halogens is 1. The molecule has 0 aliphatic heterocycles. The predicted molar refractivity (Wildman–Crippen MR) is 119 cm³/mol. The normalized spacial score (nSPS) is 13.3. The molecule has 0 bridgehead atoms. The highest BCUT2D eigenvalue weighted by Crippen LogP contribution is 2.28. The van der Waals surface area contributed by atoms with E-state index >= 15 is 0 Å². The summed E-state index contributed by atoms with van der Waals surface area (Å²) < 4.78 is 0. The first-order valence-corrected chi connectivity index (χ1v) is 9.25. The minimum atomic E-state index is -0.0846. The van der Waals surface area contributed by atoms with Crippen molar-refractivity contribution in [2.24, 2.45) is 10.9 Å². The van der Waals surface area contributed by atoms with Crippen LogP contribution in [-0.4, -0.2) is 51.0 Å². The van der Waals surface area contributed by atoms with E-state index in [1.807, 2.05) is 25.1 Å². The third-order valence-corrected chi connectivity index (χ3v) is 4.10. The van der Waals surface area contributed by atoms with E-state index in [0.29, 0.717) is 25.2 Å². The summed E-state index contributed by atoms with van der Waals surface area (Å²) in [6.45, 7) is 4.62. The van der Waals surface area contributed by atoms with E-state index in [-0.39, 0.29) is 41.7 Å². The second-order valence-corrected chi connectivity index (χ2v) is 6.28.